The monoisotopic (exact) mass is 541 g/mol. The zero-order chi connectivity index (χ0) is 28.3. The van der Waals surface area contributed by atoms with Gasteiger partial charge in [0.25, 0.3) is 0 Å². The molecule has 0 saturated heterocycles. The highest BCUT2D eigenvalue weighted by atomic mass is 16.6. The van der Waals surface area contributed by atoms with Gasteiger partial charge in [0.1, 0.15) is 11.7 Å². The molecular weight excluding hydrogens is 494 g/mol. The second kappa shape index (κ2) is 15.4. The topological polar surface area (TPSA) is 77.5 Å². The highest BCUT2D eigenvalue weighted by molar-refractivity contribution is 5.68. The van der Waals surface area contributed by atoms with Gasteiger partial charge in [-0.15, -0.1) is 0 Å². The first-order valence-electron chi connectivity index (χ1n) is 14.2. The fourth-order valence-corrected chi connectivity index (χ4v) is 4.89. The zero-order valence-corrected chi connectivity index (χ0v) is 24.3. The number of hydrogen-bond donors (Lipinski definition) is 1. The molecule has 2 aromatic carbocycles. The number of rotatable bonds is 14. The normalized spacial score (nSPS) is 22.0. The number of amides is 1. The van der Waals surface area contributed by atoms with Crippen molar-refractivity contribution in [3.8, 4) is 0 Å². The molecule has 1 aliphatic carbocycles. The van der Waals surface area contributed by atoms with Gasteiger partial charge in [-0.05, 0) is 38.3 Å². The van der Waals surface area contributed by atoms with Crippen LogP contribution in [-0.2, 0) is 32.2 Å². The standard InChI is InChI=1S/C32H47NO6/c1-6-7-10-19-26(34)23-38-30-28(37-22-25-17-13-9-14-18-25)20-27(36-21-24-15-11-8-12-16-24)29(30)33(5)31(35)39-32(2,3)4/h8-9,11-18,26-30,34H,6-7,10,19-23H2,1-5H3/t26?,27-,28+,29+,30+/m1/s1. The Bertz CT molecular complexity index is 964. The van der Waals surface area contributed by atoms with E-state index >= 15 is 0 Å². The van der Waals surface area contributed by atoms with Crippen LogP contribution in [0.1, 0.15) is 70.9 Å². The van der Waals surface area contributed by atoms with E-state index in [2.05, 4.69) is 6.92 Å². The average molecular weight is 542 g/mol. The number of carbonyl (C=O) groups excluding carboxylic acids is 1. The van der Waals surface area contributed by atoms with Crippen LogP contribution in [0.15, 0.2) is 60.7 Å². The van der Waals surface area contributed by atoms with Gasteiger partial charge >= 0.3 is 6.09 Å². The molecule has 5 atom stereocenters. The Balaban J connectivity index is 1.81. The van der Waals surface area contributed by atoms with Crippen molar-refractivity contribution < 1.29 is 28.8 Å². The number of ether oxygens (including phenoxy) is 4. The van der Waals surface area contributed by atoms with Crippen molar-refractivity contribution in [3.05, 3.63) is 71.8 Å². The Kier molecular flexibility index (Phi) is 12.2. The predicted molar refractivity (Wildman–Crippen MR) is 152 cm³/mol. The molecule has 1 saturated carbocycles. The molecule has 2 aromatic rings. The fourth-order valence-electron chi connectivity index (χ4n) is 4.89. The quantitative estimate of drug-likeness (QED) is 0.290. The van der Waals surface area contributed by atoms with Crippen LogP contribution in [0.4, 0.5) is 4.79 Å². The van der Waals surface area contributed by atoms with Crippen LogP contribution < -0.4 is 0 Å². The first-order valence-corrected chi connectivity index (χ1v) is 14.2. The average Bonchev–Trinajstić information content (AvgIpc) is 3.26. The molecule has 0 bridgehead atoms. The summed E-state index contributed by atoms with van der Waals surface area (Å²) in [7, 11) is 1.73. The van der Waals surface area contributed by atoms with E-state index in [4.69, 9.17) is 18.9 Å². The van der Waals surface area contributed by atoms with E-state index < -0.39 is 29.9 Å². The second-order valence-corrected chi connectivity index (χ2v) is 11.4. The number of likely N-dealkylation sites (N-methyl/N-ethyl adjacent to an activating group) is 1. The Morgan fingerprint density at radius 3 is 2.03 bits per heavy atom. The molecule has 0 radical (unpaired) electrons. The highest BCUT2D eigenvalue weighted by Crippen LogP contribution is 2.34. The molecule has 1 N–H and O–H groups in total. The maximum atomic E-state index is 13.2. The Morgan fingerprint density at radius 1 is 0.923 bits per heavy atom. The van der Waals surface area contributed by atoms with E-state index in [1.807, 2.05) is 81.4 Å². The van der Waals surface area contributed by atoms with Gasteiger partial charge in [0.15, 0.2) is 0 Å². The number of benzene rings is 2. The molecule has 216 valence electrons. The minimum absolute atomic E-state index is 0.170. The first-order chi connectivity index (χ1) is 18.7. The van der Waals surface area contributed by atoms with Crippen molar-refractivity contribution in [1.29, 1.82) is 0 Å². The van der Waals surface area contributed by atoms with E-state index in [1.165, 1.54) is 0 Å². The van der Waals surface area contributed by atoms with Gasteiger partial charge in [-0.25, -0.2) is 4.79 Å². The van der Waals surface area contributed by atoms with Crippen molar-refractivity contribution >= 4 is 6.09 Å². The summed E-state index contributed by atoms with van der Waals surface area (Å²) >= 11 is 0. The molecule has 0 aromatic heterocycles. The van der Waals surface area contributed by atoms with Crippen LogP contribution in [0.25, 0.3) is 0 Å². The van der Waals surface area contributed by atoms with Crippen molar-refractivity contribution in [2.75, 3.05) is 13.7 Å². The molecule has 7 heteroatoms. The second-order valence-electron chi connectivity index (χ2n) is 11.4. The Morgan fingerprint density at radius 2 is 1.49 bits per heavy atom. The van der Waals surface area contributed by atoms with Crippen molar-refractivity contribution in [3.63, 3.8) is 0 Å². The minimum atomic E-state index is -0.640. The molecule has 0 aliphatic heterocycles. The third-order valence-corrected chi connectivity index (χ3v) is 6.91. The van der Waals surface area contributed by atoms with Crippen LogP contribution >= 0.6 is 0 Å². The number of carbonyl (C=O) groups is 1. The lowest BCUT2D eigenvalue weighted by Crippen LogP contribution is -2.52. The van der Waals surface area contributed by atoms with E-state index in [0.29, 0.717) is 26.1 Å². The van der Waals surface area contributed by atoms with Crippen molar-refractivity contribution in [2.45, 2.75) is 109 Å². The van der Waals surface area contributed by atoms with Gasteiger partial charge in [-0.3, -0.25) is 0 Å². The summed E-state index contributed by atoms with van der Waals surface area (Å²) in [5, 5.41) is 10.6. The van der Waals surface area contributed by atoms with Crippen LogP contribution in [0.5, 0.6) is 0 Å². The van der Waals surface area contributed by atoms with Crippen molar-refractivity contribution in [1.82, 2.24) is 4.90 Å². The molecule has 1 amide bonds. The third kappa shape index (κ3) is 10.2. The summed E-state index contributed by atoms with van der Waals surface area (Å²) in [6.07, 6.45) is 2.15. The van der Waals surface area contributed by atoms with Crippen molar-refractivity contribution in [2.24, 2.45) is 0 Å². The lowest BCUT2D eigenvalue weighted by atomic mass is 10.1. The number of nitrogens with zero attached hydrogens (tertiary/aromatic N) is 1. The molecule has 1 aliphatic rings. The van der Waals surface area contributed by atoms with E-state index in [-0.39, 0.29) is 18.8 Å². The van der Waals surface area contributed by atoms with E-state index in [9.17, 15) is 9.90 Å². The lowest BCUT2D eigenvalue weighted by molar-refractivity contribution is -0.106. The molecule has 0 heterocycles. The number of aliphatic hydroxyl groups excluding tert-OH is 1. The molecule has 3 rings (SSSR count). The Labute approximate surface area is 234 Å². The molecule has 1 fully saturated rings. The summed E-state index contributed by atoms with van der Waals surface area (Å²) in [6.45, 7) is 8.68. The van der Waals surface area contributed by atoms with E-state index in [1.54, 1.807) is 11.9 Å². The van der Waals surface area contributed by atoms with Crippen LogP contribution in [0, 0.1) is 0 Å². The summed E-state index contributed by atoms with van der Waals surface area (Å²) in [5.74, 6) is 0. The molecule has 39 heavy (non-hydrogen) atoms. The number of aliphatic hydroxyl groups is 1. The van der Waals surface area contributed by atoms with Gasteiger partial charge in [0.2, 0.25) is 0 Å². The molecule has 0 spiro atoms. The smallest absolute Gasteiger partial charge is 0.410 e. The largest absolute Gasteiger partial charge is 0.444 e. The lowest BCUT2D eigenvalue weighted by Gasteiger charge is -2.35. The summed E-state index contributed by atoms with van der Waals surface area (Å²) in [4.78, 5) is 14.8. The number of unbranched alkanes of at least 4 members (excludes halogenated alkanes) is 2. The van der Waals surface area contributed by atoms with Crippen LogP contribution in [0.2, 0.25) is 0 Å². The maximum absolute atomic E-state index is 13.2. The third-order valence-electron chi connectivity index (χ3n) is 6.91. The fraction of sp³-hybridized carbons (Fsp3) is 0.594. The molecule has 1 unspecified atom stereocenters. The summed E-state index contributed by atoms with van der Waals surface area (Å²) in [5.41, 5.74) is 1.47. The van der Waals surface area contributed by atoms with Gasteiger partial charge < -0.3 is 29.0 Å². The van der Waals surface area contributed by atoms with Crippen LogP contribution in [-0.4, -0.2) is 65.8 Å². The van der Waals surface area contributed by atoms with Gasteiger partial charge in [-0.1, -0.05) is 86.8 Å². The first kappa shape index (κ1) is 31.1. The summed E-state index contributed by atoms with van der Waals surface area (Å²) in [6, 6.07) is 19.5. The molecule has 7 nitrogen and oxygen atoms in total. The SMILES string of the molecule is CCCCCC(O)CO[C@@H]1[C@@H](N(C)C(=O)OC(C)(C)C)[C@H](OCc2ccccc2)C[C@@H]1OCc1ccccc1. The number of hydrogen-bond acceptors (Lipinski definition) is 6. The van der Waals surface area contributed by atoms with Crippen LogP contribution in [0.3, 0.4) is 0 Å². The van der Waals surface area contributed by atoms with Gasteiger partial charge in [0, 0.05) is 13.5 Å². The minimum Gasteiger partial charge on any atom is -0.444 e. The Hall–Kier alpha value is -2.45. The highest BCUT2D eigenvalue weighted by Gasteiger charge is 2.49. The molecular formula is C32H47NO6. The van der Waals surface area contributed by atoms with E-state index in [0.717, 1.165) is 30.4 Å². The summed E-state index contributed by atoms with van der Waals surface area (Å²) < 4.78 is 24.9. The van der Waals surface area contributed by atoms with Gasteiger partial charge in [0.05, 0.1) is 44.2 Å². The predicted octanol–water partition coefficient (Wildman–Crippen LogP) is 6.12. The van der Waals surface area contributed by atoms with Gasteiger partial charge in [-0.2, -0.15) is 0 Å². The zero-order valence-electron chi connectivity index (χ0n) is 24.3. The maximum Gasteiger partial charge on any atom is 0.410 e.